The Balaban J connectivity index is 3.13. The molecule has 0 saturated heterocycles. The molecule has 0 spiro atoms. The number of isocyanates is 1. The standard InChI is InChI=1S/C9H8FNO3/c1-14-9-7(13)3-2-6(8(9)10)4-11-5-12/h2-3,13H,4H2,1H3. The second-order valence-electron chi connectivity index (χ2n) is 2.50. The lowest BCUT2D eigenvalue weighted by Crippen LogP contribution is -1.94. The van der Waals surface area contributed by atoms with Gasteiger partial charge in [0.15, 0.2) is 17.3 Å². The minimum Gasteiger partial charge on any atom is -0.504 e. The molecule has 14 heavy (non-hydrogen) atoms. The van der Waals surface area contributed by atoms with Crippen molar-refractivity contribution in [2.24, 2.45) is 4.99 Å². The zero-order valence-electron chi connectivity index (χ0n) is 7.45. The Labute approximate surface area is 79.7 Å². The summed E-state index contributed by atoms with van der Waals surface area (Å²) < 4.78 is 18.0. The molecule has 0 heterocycles. The lowest BCUT2D eigenvalue weighted by atomic mass is 10.2. The Morgan fingerprint density at radius 1 is 1.64 bits per heavy atom. The second kappa shape index (κ2) is 4.39. The molecule has 0 aromatic heterocycles. The fraction of sp³-hybridized carbons (Fsp3) is 0.222. The average molecular weight is 197 g/mol. The molecule has 0 bridgehead atoms. The van der Waals surface area contributed by atoms with Crippen molar-refractivity contribution in [1.82, 2.24) is 0 Å². The predicted octanol–water partition coefficient (Wildman–Crippen LogP) is 1.38. The van der Waals surface area contributed by atoms with Crippen LogP contribution in [0.15, 0.2) is 17.1 Å². The number of nitrogens with zero attached hydrogens (tertiary/aromatic N) is 1. The number of methoxy groups -OCH3 is 1. The lowest BCUT2D eigenvalue weighted by molar-refractivity contribution is 0.349. The van der Waals surface area contributed by atoms with Crippen LogP contribution in [-0.2, 0) is 11.3 Å². The molecule has 0 radical (unpaired) electrons. The summed E-state index contributed by atoms with van der Waals surface area (Å²) in [6.07, 6.45) is 1.30. The summed E-state index contributed by atoms with van der Waals surface area (Å²) in [6, 6.07) is 2.60. The number of phenolic OH excluding ortho intramolecular Hbond substituents is 1. The van der Waals surface area contributed by atoms with Gasteiger partial charge in [-0.25, -0.2) is 14.2 Å². The third kappa shape index (κ3) is 1.89. The zero-order chi connectivity index (χ0) is 10.6. The Bertz CT molecular complexity index is 386. The monoisotopic (exact) mass is 197 g/mol. The lowest BCUT2D eigenvalue weighted by Gasteiger charge is -2.06. The topological polar surface area (TPSA) is 58.9 Å². The van der Waals surface area contributed by atoms with E-state index in [-0.39, 0.29) is 23.6 Å². The van der Waals surface area contributed by atoms with Gasteiger partial charge in [-0.1, -0.05) is 6.07 Å². The number of hydrogen-bond donors (Lipinski definition) is 1. The van der Waals surface area contributed by atoms with Crippen molar-refractivity contribution >= 4 is 6.08 Å². The van der Waals surface area contributed by atoms with Crippen LogP contribution in [0, 0.1) is 5.82 Å². The molecule has 0 unspecified atom stereocenters. The molecule has 0 amide bonds. The molecule has 0 saturated carbocycles. The summed E-state index contributed by atoms with van der Waals surface area (Å²) in [6.45, 7) is -0.119. The first-order valence-corrected chi connectivity index (χ1v) is 3.78. The van der Waals surface area contributed by atoms with Gasteiger partial charge in [-0.15, -0.1) is 0 Å². The van der Waals surface area contributed by atoms with Gasteiger partial charge in [-0.3, -0.25) is 0 Å². The number of aliphatic imine (C=N–C) groups is 1. The molecule has 1 aromatic rings. The smallest absolute Gasteiger partial charge is 0.235 e. The van der Waals surface area contributed by atoms with E-state index in [1.165, 1.54) is 25.3 Å². The van der Waals surface area contributed by atoms with Gasteiger partial charge >= 0.3 is 0 Å². The van der Waals surface area contributed by atoms with Crippen molar-refractivity contribution in [1.29, 1.82) is 0 Å². The number of aromatic hydroxyl groups is 1. The highest BCUT2D eigenvalue weighted by molar-refractivity contribution is 5.44. The van der Waals surface area contributed by atoms with Crippen molar-refractivity contribution in [2.75, 3.05) is 7.11 Å². The van der Waals surface area contributed by atoms with Crippen molar-refractivity contribution in [2.45, 2.75) is 6.54 Å². The quantitative estimate of drug-likeness (QED) is 0.588. The fourth-order valence-corrected chi connectivity index (χ4v) is 1.02. The maximum atomic E-state index is 13.4. The van der Waals surface area contributed by atoms with Crippen molar-refractivity contribution in [3.05, 3.63) is 23.5 Å². The van der Waals surface area contributed by atoms with E-state index in [0.717, 1.165) is 0 Å². The first-order valence-electron chi connectivity index (χ1n) is 3.78. The molecule has 0 aliphatic heterocycles. The van der Waals surface area contributed by atoms with Crippen LogP contribution in [0.25, 0.3) is 0 Å². The van der Waals surface area contributed by atoms with E-state index in [1.807, 2.05) is 0 Å². The number of carbonyl (C=O) groups excluding carboxylic acids is 1. The van der Waals surface area contributed by atoms with Crippen LogP contribution in [0.2, 0.25) is 0 Å². The van der Waals surface area contributed by atoms with Crippen molar-refractivity contribution in [3.63, 3.8) is 0 Å². The molecular weight excluding hydrogens is 189 g/mol. The van der Waals surface area contributed by atoms with E-state index < -0.39 is 5.82 Å². The first-order chi connectivity index (χ1) is 6.70. The third-order valence-electron chi connectivity index (χ3n) is 1.67. The largest absolute Gasteiger partial charge is 0.504 e. The highest BCUT2D eigenvalue weighted by atomic mass is 19.1. The van der Waals surface area contributed by atoms with Gasteiger partial charge in [0.2, 0.25) is 6.08 Å². The summed E-state index contributed by atoms with van der Waals surface area (Å²) in [5.74, 6) is -1.25. The average Bonchev–Trinajstić information content (AvgIpc) is 2.18. The third-order valence-corrected chi connectivity index (χ3v) is 1.67. The van der Waals surface area contributed by atoms with Crippen LogP contribution in [0.3, 0.4) is 0 Å². The zero-order valence-corrected chi connectivity index (χ0v) is 7.45. The Morgan fingerprint density at radius 3 is 2.93 bits per heavy atom. The first kappa shape index (κ1) is 10.2. The van der Waals surface area contributed by atoms with Gasteiger partial charge < -0.3 is 9.84 Å². The van der Waals surface area contributed by atoms with Gasteiger partial charge in [0.1, 0.15) is 0 Å². The van der Waals surface area contributed by atoms with Gasteiger partial charge in [0.05, 0.1) is 13.7 Å². The highest BCUT2D eigenvalue weighted by Gasteiger charge is 2.12. The van der Waals surface area contributed by atoms with Gasteiger partial charge in [-0.05, 0) is 6.07 Å². The van der Waals surface area contributed by atoms with Crippen LogP contribution in [-0.4, -0.2) is 18.3 Å². The summed E-state index contributed by atoms with van der Waals surface area (Å²) in [4.78, 5) is 13.0. The van der Waals surface area contributed by atoms with E-state index in [9.17, 15) is 9.18 Å². The Hall–Kier alpha value is -1.87. The molecule has 74 valence electrons. The molecule has 5 heteroatoms. The summed E-state index contributed by atoms with van der Waals surface area (Å²) in [5.41, 5.74) is 0.169. The number of phenols is 1. The van der Waals surface area contributed by atoms with Crippen LogP contribution in [0.5, 0.6) is 11.5 Å². The molecule has 0 aliphatic carbocycles. The maximum absolute atomic E-state index is 13.4. The number of halogens is 1. The summed E-state index contributed by atoms with van der Waals surface area (Å²) >= 11 is 0. The number of benzene rings is 1. The highest BCUT2D eigenvalue weighted by Crippen LogP contribution is 2.30. The minimum absolute atomic E-state index is 0.119. The second-order valence-corrected chi connectivity index (χ2v) is 2.50. The van der Waals surface area contributed by atoms with Crippen LogP contribution >= 0.6 is 0 Å². The molecule has 0 aliphatic rings. The van der Waals surface area contributed by atoms with Gasteiger partial charge in [0, 0.05) is 5.56 Å². The molecule has 4 nitrogen and oxygen atoms in total. The maximum Gasteiger partial charge on any atom is 0.235 e. The predicted molar refractivity (Wildman–Crippen MR) is 46.4 cm³/mol. The summed E-state index contributed by atoms with van der Waals surface area (Å²) in [7, 11) is 1.24. The van der Waals surface area contributed by atoms with Crippen molar-refractivity contribution < 1.29 is 19.0 Å². The number of hydrogen-bond acceptors (Lipinski definition) is 4. The molecule has 1 N–H and O–H groups in total. The van der Waals surface area contributed by atoms with Crippen LogP contribution < -0.4 is 4.74 Å². The minimum atomic E-state index is -0.716. The van der Waals surface area contributed by atoms with Crippen molar-refractivity contribution in [3.8, 4) is 11.5 Å². The van der Waals surface area contributed by atoms with E-state index in [2.05, 4.69) is 9.73 Å². The van der Waals surface area contributed by atoms with Gasteiger partial charge in [0.25, 0.3) is 0 Å². The van der Waals surface area contributed by atoms with Crippen LogP contribution in [0.4, 0.5) is 4.39 Å². The SMILES string of the molecule is COc1c(O)ccc(CN=C=O)c1F. The number of ether oxygens (including phenoxy) is 1. The number of rotatable bonds is 3. The molecule has 1 aromatic carbocycles. The van der Waals surface area contributed by atoms with E-state index in [1.54, 1.807) is 0 Å². The Morgan fingerprint density at radius 2 is 2.36 bits per heavy atom. The fourth-order valence-electron chi connectivity index (χ4n) is 1.02. The Kier molecular flexibility index (Phi) is 3.20. The van der Waals surface area contributed by atoms with E-state index in [0.29, 0.717) is 0 Å². The molecular formula is C9H8FNO3. The summed E-state index contributed by atoms with van der Waals surface area (Å²) in [5, 5.41) is 9.17. The normalized spacial score (nSPS) is 9.29. The molecule has 0 fully saturated rings. The molecule has 1 rings (SSSR count). The van der Waals surface area contributed by atoms with Crippen LogP contribution in [0.1, 0.15) is 5.56 Å². The van der Waals surface area contributed by atoms with E-state index >= 15 is 0 Å². The van der Waals surface area contributed by atoms with E-state index in [4.69, 9.17) is 5.11 Å². The molecule has 0 atom stereocenters. The van der Waals surface area contributed by atoms with Gasteiger partial charge in [-0.2, -0.15) is 0 Å².